The molecule has 2 heterocycles. The fraction of sp³-hybridized carbons (Fsp3) is 0.480. The van der Waals surface area contributed by atoms with Gasteiger partial charge in [-0.1, -0.05) is 36.4 Å². The van der Waals surface area contributed by atoms with E-state index in [1.165, 1.54) is 5.56 Å². The minimum Gasteiger partial charge on any atom is -0.352 e. The second kappa shape index (κ2) is 12.1. The van der Waals surface area contributed by atoms with Gasteiger partial charge >= 0.3 is 0 Å². The molecule has 2 amide bonds. The zero-order valence-electron chi connectivity index (χ0n) is 17.8. The lowest BCUT2D eigenvalue weighted by molar-refractivity contribution is -0.133. The van der Waals surface area contributed by atoms with Crippen LogP contribution in [0.5, 0.6) is 0 Å². The summed E-state index contributed by atoms with van der Waals surface area (Å²) >= 11 is 0. The zero-order valence-corrected chi connectivity index (χ0v) is 17.8. The molecule has 5 heteroatoms. The maximum absolute atomic E-state index is 12.5. The van der Waals surface area contributed by atoms with E-state index in [4.69, 9.17) is 0 Å². The molecule has 0 bridgehead atoms. The van der Waals surface area contributed by atoms with E-state index in [1.54, 1.807) is 12.4 Å². The van der Waals surface area contributed by atoms with Crippen LogP contribution in [0.2, 0.25) is 0 Å². The van der Waals surface area contributed by atoms with Gasteiger partial charge in [0.1, 0.15) is 0 Å². The maximum atomic E-state index is 12.5. The van der Waals surface area contributed by atoms with Crippen molar-refractivity contribution in [2.24, 2.45) is 5.92 Å². The fourth-order valence-electron chi connectivity index (χ4n) is 4.01. The molecule has 0 aliphatic carbocycles. The first-order valence-electron chi connectivity index (χ1n) is 11.2. The van der Waals surface area contributed by atoms with Crippen LogP contribution in [-0.2, 0) is 22.6 Å². The van der Waals surface area contributed by atoms with Crippen molar-refractivity contribution in [2.75, 3.05) is 13.1 Å². The van der Waals surface area contributed by atoms with Gasteiger partial charge in [0, 0.05) is 44.9 Å². The number of aromatic nitrogens is 1. The van der Waals surface area contributed by atoms with E-state index in [1.807, 2.05) is 23.1 Å². The number of carbonyl (C=O) groups excluding carboxylic acids is 2. The summed E-state index contributed by atoms with van der Waals surface area (Å²) in [4.78, 5) is 30.6. The van der Waals surface area contributed by atoms with E-state index in [2.05, 4.69) is 34.6 Å². The first-order valence-corrected chi connectivity index (χ1v) is 11.2. The number of likely N-dealkylation sites (tertiary alicyclic amines) is 1. The van der Waals surface area contributed by atoms with Crippen molar-refractivity contribution in [1.82, 2.24) is 15.2 Å². The van der Waals surface area contributed by atoms with Gasteiger partial charge in [-0.05, 0) is 61.6 Å². The third kappa shape index (κ3) is 7.62. The van der Waals surface area contributed by atoms with Crippen molar-refractivity contribution < 1.29 is 9.59 Å². The predicted molar refractivity (Wildman–Crippen MR) is 119 cm³/mol. The topological polar surface area (TPSA) is 62.3 Å². The van der Waals surface area contributed by atoms with Crippen LogP contribution in [0, 0.1) is 5.92 Å². The van der Waals surface area contributed by atoms with Crippen molar-refractivity contribution >= 4 is 11.8 Å². The fourth-order valence-corrected chi connectivity index (χ4v) is 4.01. The smallest absolute Gasteiger partial charge is 0.222 e. The number of amides is 2. The SMILES string of the molecule is O=C(CCC1CCN(C(=O)CCCCc2ccccc2)CC1)NCc1cccnc1. The first-order chi connectivity index (χ1) is 14.7. The number of benzene rings is 1. The van der Waals surface area contributed by atoms with Crippen molar-refractivity contribution in [1.29, 1.82) is 0 Å². The molecular weight excluding hydrogens is 374 g/mol. The number of unbranched alkanes of at least 4 members (excludes halogenated alkanes) is 1. The quantitative estimate of drug-likeness (QED) is 0.603. The first kappa shape index (κ1) is 22.0. The van der Waals surface area contributed by atoms with Crippen LogP contribution in [0.25, 0.3) is 0 Å². The van der Waals surface area contributed by atoms with E-state index in [-0.39, 0.29) is 11.8 Å². The summed E-state index contributed by atoms with van der Waals surface area (Å²) < 4.78 is 0. The van der Waals surface area contributed by atoms with Gasteiger partial charge in [-0.3, -0.25) is 14.6 Å². The zero-order chi connectivity index (χ0) is 21.0. The third-order valence-corrected chi connectivity index (χ3v) is 5.91. The summed E-state index contributed by atoms with van der Waals surface area (Å²) in [5.41, 5.74) is 2.36. The minimum absolute atomic E-state index is 0.0933. The second-order valence-corrected chi connectivity index (χ2v) is 8.19. The van der Waals surface area contributed by atoms with Gasteiger partial charge in [-0.2, -0.15) is 0 Å². The average Bonchev–Trinajstić information content (AvgIpc) is 2.80. The van der Waals surface area contributed by atoms with Crippen LogP contribution in [0.15, 0.2) is 54.9 Å². The molecule has 30 heavy (non-hydrogen) atoms. The van der Waals surface area contributed by atoms with Gasteiger partial charge in [-0.15, -0.1) is 0 Å². The lowest BCUT2D eigenvalue weighted by Gasteiger charge is -2.32. The standard InChI is InChI=1S/C25H33N3O2/c29-24(27-20-23-10-6-16-26-19-23)13-12-22-14-17-28(18-15-22)25(30)11-5-4-9-21-7-2-1-3-8-21/h1-3,6-8,10,16,19,22H,4-5,9,11-15,17-18,20H2,(H,27,29). The van der Waals surface area contributed by atoms with Gasteiger partial charge in [-0.25, -0.2) is 0 Å². The molecular formula is C25H33N3O2. The monoisotopic (exact) mass is 407 g/mol. The summed E-state index contributed by atoms with van der Waals surface area (Å²) in [6.45, 7) is 2.20. The van der Waals surface area contributed by atoms with Gasteiger partial charge < -0.3 is 10.2 Å². The van der Waals surface area contributed by atoms with Gasteiger partial charge in [0.2, 0.25) is 11.8 Å². The number of nitrogens with zero attached hydrogens (tertiary/aromatic N) is 2. The Morgan fingerprint density at radius 2 is 1.73 bits per heavy atom. The molecule has 0 spiro atoms. The highest BCUT2D eigenvalue weighted by Crippen LogP contribution is 2.22. The van der Waals surface area contributed by atoms with Crippen LogP contribution < -0.4 is 5.32 Å². The lowest BCUT2D eigenvalue weighted by atomic mass is 9.92. The summed E-state index contributed by atoms with van der Waals surface area (Å²) in [7, 11) is 0. The van der Waals surface area contributed by atoms with Gasteiger partial charge in [0.15, 0.2) is 0 Å². The number of hydrogen-bond donors (Lipinski definition) is 1. The average molecular weight is 408 g/mol. The Morgan fingerprint density at radius 1 is 0.967 bits per heavy atom. The highest BCUT2D eigenvalue weighted by atomic mass is 16.2. The number of rotatable bonds is 10. The molecule has 1 aliphatic heterocycles. The van der Waals surface area contributed by atoms with Crippen molar-refractivity contribution in [3.05, 3.63) is 66.0 Å². The number of carbonyl (C=O) groups is 2. The number of pyridine rings is 1. The van der Waals surface area contributed by atoms with Gasteiger partial charge in [0.05, 0.1) is 0 Å². The molecule has 160 valence electrons. The molecule has 2 aromatic rings. The Kier molecular flexibility index (Phi) is 8.88. The molecule has 1 aliphatic rings. The second-order valence-electron chi connectivity index (χ2n) is 8.19. The molecule has 1 fully saturated rings. The number of aryl methyl sites for hydroxylation is 1. The summed E-state index contributed by atoms with van der Waals surface area (Å²) in [6.07, 6.45) is 10.7. The van der Waals surface area contributed by atoms with Crippen LogP contribution in [0.4, 0.5) is 0 Å². The lowest BCUT2D eigenvalue weighted by Crippen LogP contribution is -2.38. The molecule has 0 saturated carbocycles. The van der Waals surface area contributed by atoms with Crippen LogP contribution in [0.3, 0.4) is 0 Å². The molecule has 1 aromatic heterocycles. The van der Waals surface area contributed by atoms with Crippen molar-refractivity contribution in [3.63, 3.8) is 0 Å². The number of nitrogens with one attached hydrogen (secondary N) is 1. The molecule has 0 radical (unpaired) electrons. The normalized spacial score (nSPS) is 14.5. The van der Waals surface area contributed by atoms with Crippen LogP contribution in [-0.4, -0.2) is 34.8 Å². The largest absolute Gasteiger partial charge is 0.352 e. The Bertz CT molecular complexity index is 771. The highest BCUT2D eigenvalue weighted by molar-refractivity contribution is 5.76. The van der Waals surface area contributed by atoms with Crippen molar-refractivity contribution in [2.45, 2.75) is 57.9 Å². The molecule has 1 aromatic carbocycles. The molecule has 5 nitrogen and oxygen atoms in total. The van der Waals surface area contributed by atoms with E-state index >= 15 is 0 Å². The van der Waals surface area contributed by atoms with Crippen LogP contribution in [0.1, 0.15) is 56.1 Å². The molecule has 0 atom stereocenters. The van der Waals surface area contributed by atoms with E-state index in [0.717, 1.165) is 57.2 Å². The van der Waals surface area contributed by atoms with E-state index in [0.29, 0.717) is 25.3 Å². The molecule has 1 saturated heterocycles. The number of piperidine rings is 1. The highest BCUT2D eigenvalue weighted by Gasteiger charge is 2.22. The molecule has 1 N–H and O–H groups in total. The van der Waals surface area contributed by atoms with Crippen molar-refractivity contribution in [3.8, 4) is 0 Å². The van der Waals surface area contributed by atoms with Gasteiger partial charge in [0.25, 0.3) is 0 Å². The van der Waals surface area contributed by atoms with E-state index in [9.17, 15) is 9.59 Å². The Balaban J connectivity index is 1.25. The Hall–Kier alpha value is -2.69. The molecule has 3 rings (SSSR count). The van der Waals surface area contributed by atoms with E-state index < -0.39 is 0 Å². The van der Waals surface area contributed by atoms with Crippen LogP contribution >= 0.6 is 0 Å². The summed E-state index contributed by atoms with van der Waals surface area (Å²) in [6, 6.07) is 14.3. The number of hydrogen-bond acceptors (Lipinski definition) is 3. The predicted octanol–water partition coefficient (Wildman–Crippen LogP) is 4.13. The summed E-state index contributed by atoms with van der Waals surface area (Å²) in [5.74, 6) is 0.919. The summed E-state index contributed by atoms with van der Waals surface area (Å²) in [5, 5.41) is 2.96. The maximum Gasteiger partial charge on any atom is 0.222 e. The minimum atomic E-state index is 0.0933. The Labute approximate surface area is 179 Å². The Morgan fingerprint density at radius 3 is 2.47 bits per heavy atom. The molecule has 0 unspecified atom stereocenters. The third-order valence-electron chi connectivity index (χ3n) is 5.91.